The second kappa shape index (κ2) is 6.23. The normalized spacial score (nSPS) is 10.6. The minimum Gasteiger partial charge on any atom is -0.492 e. The zero-order chi connectivity index (χ0) is 13.7. The van der Waals surface area contributed by atoms with Gasteiger partial charge in [0.1, 0.15) is 0 Å². The number of esters is 1. The average Bonchev–Trinajstić information content (AvgIpc) is 2.29. The Morgan fingerprint density at radius 3 is 2.67 bits per heavy atom. The molecule has 0 aliphatic heterocycles. The first kappa shape index (κ1) is 14.3. The molecule has 1 heterocycles. The quantitative estimate of drug-likeness (QED) is 0.604. The zero-order valence-electron chi connectivity index (χ0n) is 9.87. The summed E-state index contributed by atoms with van der Waals surface area (Å²) in [6.07, 6.45) is -3.38. The highest BCUT2D eigenvalue weighted by atomic mass is 19.3. The number of ether oxygens (including phenoxy) is 2. The van der Waals surface area contributed by atoms with Gasteiger partial charge in [0.15, 0.2) is 5.75 Å². The first-order chi connectivity index (χ1) is 8.49. The number of alkyl halides is 2. The summed E-state index contributed by atoms with van der Waals surface area (Å²) in [4.78, 5) is 14.5. The molecule has 1 aromatic heterocycles. The van der Waals surface area contributed by atoms with Crippen LogP contribution >= 0.6 is 0 Å². The van der Waals surface area contributed by atoms with Gasteiger partial charge in [-0.2, -0.15) is 4.39 Å². The molecule has 0 spiro atoms. The smallest absolute Gasteiger partial charge is 0.311 e. The van der Waals surface area contributed by atoms with Crippen molar-refractivity contribution in [3.8, 4) is 5.75 Å². The lowest BCUT2D eigenvalue weighted by molar-refractivity contribution is -0.142. The largest absolute Gasteiger partial charge is 0.492 e. The molecular weight excluding hydrogens is 251 g/mol. The van der Waals surface area contributed by atoms with Gasteiger partial charge in [-0.1, -0.05) is 0 Å². The number of nitrogens with zero attached hydrogens (tertiary/aromatic N) is 1. The second-order valence-electron chi connectivity index (χ2n) is 3.30. The molecule has 1 rings (SSSR count). The fraction of sp³-hybridized carbons (Fsp3) is 0.455. The van der Waals surface area contributed by atoms with E-state index in [0.717, 1.165) is 13.2 Å². The van der Waals surface area contributed by atoms with Crippen LogP contribution in [0.5, 0.6) is 5.75 Å². The Kier molecular flexibility index (Phi) is 4.94. The van der Waals surface area contributed by atoms with Crippen molar-refractivity contribution in [2.24, 2.45) is 0 Å². The average molecular weight is 263 g/mol. The van der Waals surface area contributed by atoms with Gasteiger partial charge >= 0.3 is 5.97 Å². The van der Waals surface area contributed by atoms with Crippen LogP contribution in [0.4, 0.5) is 13.2 Å². The summed E-state index contributed by atoms with van der Waals surface area (Å²) in [5.41, 5.74) is -0.886. The minimum atomic E-state index is -2.88. The SMILES string of the molecule is CCOC(=O)Cc1nc(F)c(OC)cc1C(F)F. The van der Waals surface area contributed by atoms with Gasteiger partial charge in [0.05, 0.1) is 25.8 Å². The topological polar surface area (TPSA) is 48.4 Å². The van der Waals surface area contributed by atoms with E-state index in [1.54, 1.807) is 6.92 Å². The Balaban J connectivity index is 3.09. The number of methoxy groups -OCH3 is 1. The van der Waals surface area contributed by atoms with Crippen LogP contribution in [0.3, 0.4) is 0 Å². The van der Waals surface area contributed by atoms with E-state index in [1.807, 2.05) is 0 Å². The van der Waals surface area contributed by atoms with Gasteiger partial charge < -0.3 is 9.47 Å². The van der Waals surface area contributed by atoms with E-state index in [9.17, 15) is 18.0 Å². The van der Waals surface area contributed by atoms with Crippen LogP contribution in [0.25, 0.3) is 0 Å². The van der Waals surface area contributed by atoms with E-state index < -0.39 is 36.1 Å². The van der Waals surface area contributed by atoms with Crippen molar-refractivity contribution in [1.29, 1.82) is 0 Å². The van der Waals surface area contributed by atoms with Crippen molar-refractivity contribution in [1.82, 2.24) is 4.98 Å². The number of carbonyl (C=O) groups excluding carboxylic acids is 1. The van der Waals surface area contributed by atoms with E-state index in [-0.39, 0.29) is 12.3 Å². The molecule has 0 saturated heterocycles. The van der Waals surface area contributed by atoms with Crippen molar-refractivity contribution >= 4 is 5.97 Å². The molecule has 0 atom stereocenters. The maximum Gasteiger partial charge on any atom is 0.311 e. The predicted molar refractivity (Wildman–Crippen MR) is 56.0 cm³/mol. The van der Waals surface area contributed by atoms with E-state index >= 15 is 0 Å². The van der Waals surface area contributed by atoms with Crippen molar-refractivity contribution < 1.29 is 27.4 Å². The number of halogens is 3. The Morgan fingerprint density at radius 1 is 1.50 bits per heavy atom. The molecule has 0 aliphatic carbocycles. The molecule has 100 valence electrons. The number of carbonyl (C=O) groups is 1. The van der Waals surface area contributed by atoms with Gasteiger partial charge in [-0.15, -0.1) is 0 Å². The minimum absolute atomic E-state index is 0.113. The molecule has 0 bridgehead atoms. The van der Waals surface area contributed by atoms with Crippen LogP contribution in [0.2, 0.25) is 0 Å². The van der Waals surface area contributed by atoms with Crippen molar-refractivity contribution in [2.75, 3.05) is 13.7 Å². The molecule has 0 aliphatic rings. The molecule has 7 heteroatoms. The highest BCUT2D eigenvalue weighted by Gasteiger charge is 2.21. The van der Waals surface area contributed by atoms with E-state index in [4.69, 9.17) is 0 Å². The van der Waals surface area contributed by atoms with Crippen molar-refractivity contribution in [3.63, 3.8) is 0 Å². The fourth-order valence-corrected chi connectivity index (χ4v) is 1.34. The zero-order valence-corrected chi connectivity index (χ0v) is 9.87. The van der Waals surface area contributed by atoms with Crippen LogP contribution in [0.15, 0.2) is 6.07 Å². The number of rotatable bonds is 5. The highest BCUT2D eigenvalue weighted by Crippen LogP contribution is 2.27. The van der Waals surface area contributed by atoms with Gasteiger partial charge in [0.2, 0.25) is 0 Å². The Bertz CT molecular complexity index is 438. The molecule has 0 fully saturated rings. The number of aromatic nitrogens is 1. The lowest BCUT2D eigenvalue weighted by atomic mass is 10.1. The van der Waals surface area contributed by atoms with Gasteiger partial charge in [-0.3, -0.25) is 4.79 Å². The first-order valence-electron chi connectivity index (χ1n) is 5.16. The van der Waals surface area contributed by atoms with Gasteiger partial charge in [0, 0.05) is 5.56 Å². The Hall–Kier alpha value is -1.79. The van der Waals surface area contributed by atoms with Gasteiger partial charge in [0.25, 0.3) is 12.4 Å². The fourth-order valence-electron chi connectivity index (χ4n) is 1.34. The Morgan fingerprint density at radius 2 is 2.17 bits per heavy atom. The molecule has 0 amide bonds. The van der Waals surface area contributed by atoms with Crippen LogP contribution in [0.1, 0.15) is 24.6 Å². The Labute approximate surface area is 102 Å². The summed E-state index contributed by atoms with van der Waals surface area (Å²) in [6, 6.07) is 0.835. The summed E-state index contributed by atoms with van der Waals surface area (Å²) < 4.78 is 47.9. The third-order valence-electron chi connectivity index (χ3n) is 2.13. The van der Waals surface area contributed by atoms with Gasteiger partial charge in [-0.25, -0.2) is 13.8 Å². The summed E-state index contributed by atoms with van der Waals surface area (Å²) in [5, 5.41) is 0. The van der Waals surface area contributed by atoms with Crippen molar-refractivity contribution in [2.45, 2.75) is 19.8 Å². The molecule has 0 saturated carbocycles. The molecule has 18 heavy (non-hydrogen) atoms. The second-order valence-corrected chi connectivity index (χ2v) is 3.30. The molecule has 0 radical (unpaired) electrons. The first-order valence-corrected chi connectivity index (χ1v) is 5.16. The summed E-state index contributed by atoms with van der Waals surface area (Å²) in [7, 11) is 1.14. The van der Waals surface area contributed by atoms with E-state index in [2.05, 4.69) is 14.5 Å². The third-order valence-corrected chi connectivity index (χ3v) is 2.13. The van der Waals surface area contributed by atoms with E-state index in [0.29, 0.717) is 0 Å². The molecular formula is C11H12F3NO3. The van der Waals surface area contributed by atoms with Crippen LogP contribution in [-0.4, -0.2) is 24.7 Å². The molecule has 0 aromatic carbocycles. The van der Waals surface area contributed by atoms with Crippen molar-refractivity contribution in [3.05, 3.63) is 23.3 Å². The molecule has 1 aromatic rings. The lowest BCUT2D eigenvalue weighted by Crippen LogP contribution is -2.12. The molecule has 4 nitrogen and oxygen atoms in total. The molecule has 0 unspecified atom stereocenters. The van der Waals surface area contributed by atoms with E-state index in [1.165, 1.54) is 0 Å². The molecule has 0 N–H and O–H groups in total. The summed E-state index contributed by atoms with van der Waals surface area (Å²) in [6.45, 7) is 1.69. The van der Waals surface area contributed by atoms with Crippen LogP contribution in [-0.2, 0) is 16.0 Å². The lowest BCUT2D eigenvalue weighted by Gasteiger charge is -2.10. The number of hydrogen-bond acceptors (Lipinski definition) is 4. The maximum absolute atomic E-state index is 13.3. The van der Waals surface area contributed by atoms with Gasteiger partial charge in [-0.05, 0) is 13.0 Å². The monoisotopic (exact) mass is 263 g/mol. The predicted octanol–water partition coefficient (Wildman–Crippen LogP) is 2.27. The third kappa shape index (κ3) is 3.35. The van der Waals surface area contributed by atoms with Crippen LogP contribution in [0, 0.1) is 5.95 Å². The summed E-state index contributed by atoms with van der Waals surface area (Å²) >= 11 is 0. The number of hydrogen-bond donors (Lipinski definition) is 0. The standard InChI is InChI=1S/C11H12F3NO3/c1-3-18-9(16)5-7-6(10(12)13)4-8(17-2)11(14)15-7/h4,10H,3,5H2,1-2H3. The van der Waals surface area contributed by atoms with Crippen LogP contribution < -0.4 is 4.74 Å². The number of pyridine rings is 1. The summed E-state index contributed by atoms with van der Waals surface area (Å²) in [5.74, 6) is -2.17. The highest BCUT2D eigenvalue weighted by molar-refractivity contribution is 5.72. The maximum atomic E-state index is 13.3.